The first kappa shape index (κ1) is 18.1. The first-order chi connectivity index (χ1) is 12.6. The summed E-state index contributed by atoms with van der Waals surface area (Å²) in [5.74, 6) is -0.0850. The van der Waals surface area contributed by atoms with Crippen LogP contribution in [0.5, 0.6) is 0 Å². The van der Waals surface area contributed by atoms with Crippen molar-refractivity contribution >= 4 is 47.0 Å². The molecule has 3 rings (SSSR count). The Morgan fingerprint density at radius 1 is 0.808 bits per heavy atom. The van der Waals surface area contributed by atoms with E-state index in [1.54, 1.807) is 42.6 Å². The van der Waals surface area contributed by atoms with E-state index in [4.69, 9.17) is 23.2 Å². The van der Waals surface area contributed by atoms with Crippen LogP contribution in [-0.2, 0) is 0 Å². The number of allylic oxidation sites excluding steroid dienone is 1. The topological polar surface area (TPSA) is 29.4 Å². The van der Waals surface area contributed by atoms with Crippen LogP contribution in [0.15, 0.2) is 83.9 Å². The van der Waals surface area contributed by atoms with Crippen molar-refractivity contribution in [3.63, 3.8) is 0 Å². The average Bonchev–Trinajstić information content (AvgIpc) is 2.67. The zero-order valence-corrected chi connectivity index (χ0v) is 15.3. The van der Waals surface area contributed by atoms with Crippen LogP contribution in [-0.4, -0.2) is 12.0 Å². The Morgan fingerprint density at radius 3 is 2.12 bits per heavy atom. The Bertz CT molecular complexity index is 958. The van der Waals surface area contributed by atoms with E-state index in [-0.39, 0.29) is 5.78 Å². The van der Waals surface area contributed by atoms with Crippen LogP contribution < -0.4 is 0 Å². The molecule has 0 bridgehead atoms. The number of benzene rings is 3. The lowest BCUT2D eigenvalue weighted by Gasteiger charge is -2.01. The largest absolute Gasteiger partial charge is 0.289 e. The van der Waals surface area contributed by atoms with Gasteiger partial charge in [0.25, 0.3) is 0 Å². The minimum Gasteiger partial charge on any atom is -0.289 e. The maximum atomic E-state index is 12.3. The third kappa shape index (κ3) is 4.92. The highest BCUT2D eigenvalue weighted by molar-refractivity contribution is 6.31. The quantitative estimate of drug-likeness (QED) is 0.277. The third-order valence-electron chi connectivity index (χ3n) is 3.70. The molecule has 0 spiro atoms. The number of rotatable bonds is 5. The second-order valence-corrected chi connectivity index (χ2v) is 6.45. The van der Waals surface area contributed by atoms with Crippen molar-refractivity contribution in [3.8, 4) is 0 Å². The predicted molar refractivity (Wildman–Crippen MR) is 110 cm³/mol. The summed E-state index contributed by atoms with van der Waals surface area (Å²) in [6, 6.07) is 21.9. The van der Waals surface area contributed by atoms with E-state index in [2.05, 4.69) is 4.99 Å². The molecular weight excluding hydrogens is 365 g/mol. The van der Waals surface area contributed by atoms with E-state index in [1.807, 2.05) is 48.5 Å². The van der Waals surface area contributed by atoms with E-state index in [9.17, 15) is 4.79 Å². The van der Waals surface area contributed by atoms with Crippen LogP contribution in [0.1, 0.15) is 21.5 Å². The van der Waals surface area contributed by atoms with Crippen LogP contribution >= 0.6 is 23.2 Å². The molecule has 0 aliphatic rings. The van der Waals surface area contributed by atoms with Gasteiger partial charge in [-0.1, -0.05) is 53.5 Å². The van der Waals surface area contributed by atoms with E-state index < -0.39 is 0 Å². The van der Waals surface area contributed by atoms with Gasteiger partial charge in [0.2, 0.25) is 0 Å². The van der Waals surface area contributed by atoms with Crippen LogP contribution in [0.25, 0.3) is 6.08 Å². The van der Waals surface area contributed by atoms with Gasteiger partial charge in [-0.05, 0) is 60.2 Å². The van der Waals surface area contributed by atoms with Gasteiger partial charge in [-0.3, -0.25) is 9.79 Å². The fourth-order valence-corrected chi connectivity index (χ4v) is 2.57. The summed E-state index contributed by atoms with van der Waals surface area (Å²) in [4.78, 5) is 16.8. The van der Waals surface area contributed by atoms with Gasteiger partial charge in [-0.2, -0.15) is 0 Å². The van der Waals surface area contributed by atoms with E-state index in [0.717, 1.165) is 16.8 Å². The second-order valence-electron chi connectivity index (χ2n) is 5.57. The zero-order chi connectivity index (χ0) is 18.4. The molecule has 0 aromatic heterocycles. The Balaban J connectivity index is 1.79. The average molecular weight is 380 g/mol. The molecule has 0 aliphatic heterocycles. The van der Waals surface area contributed by atoms with Crippen molar-refractivity contribution in [2.24, 2.45) is 4.99 Å². The first-order valence-electron chi connectivity index (χ1n) is 7.98. The number of para-hydroxylation sites is 1. The highest BCUT2D eigenvalue weighted by atomic mass is 35.5. The summed E-state index contributed by atoms with van der Waals surface area (Å²) in [6.07, 6.45) is 5.08. The van der Waals surface area contributed by atoms with Gasteiger partial charge in [0.1, 0.15) is 0 Å². The maximum absolute atomic E-state index is 12.3. The molecule has 3 aromatic carbocycles. The fourth-order valence-electron chi connectivity index (χ4n) is 2.31. The van der Waals surface area contributed by atoms with Crippen molar-refractivity contribution in [1.29, 1.82) is 0 Å². The number of ketones is 1. The Hall–Kier alpha value is -2.68. The Kier molecular flexibility index (Phi) is 6.00. The summed E-state index contributed by atoms with van der Waals surface area (Å²) < 4.78 is 0. The van der Waals surface area contributed by atoms with Crippen molar-refractivity contribution in [2.45, 2.75) is 0 Å². The summed E-state index contributed by atoms with van der Waals surface area (Å²) in [6.45, 7) is 0. The molecule has 0 N–H and O–H groups in total. The van der Waals surface area contributed by atoms with Gasteiger partial charge in [0.15, 0.2) is 5.78 Å². The summed E-state index contributed by atoms with van der Waals surface area (Å²) in [7, 11) is 0. The van der Waals surface area contributed by atoms with Crippen LogP contribution in [0, 0.1) is 0 Å². The lowest BCUT2D eigenvalue weighted by atomic mass is 10.1. The lowest BCUT2D eigenvalue weighted by Crippen LogP contribution is -1.93. The highest BCUT2D eigenvalue weighted by Gasteiger charge is 2.02. The lowest BCUT2D eigenvalue weighted by molar-refractivity contribution is 0.104. The number of carbonyl (C=O) groups excluding carboxylic acids is 1. The molecule has 0 amide bonds. The molecule has 3 aromatic rings. The minimum atomic E-state index is -0.0850. The summed E-state index contributed by atoms with van der Waals surface area (Å²) >= 11 is 11.7. The number of hydrogen-bond donors (Lipinski definition) is 0. The monoisotopic (exact) mass is 379 g/mol. The van der Waals surface area contributed by atoms with Crippen molar-refractivity contribution in [1.82, 2.24) is 0 Å². The predicted octanol–water partition coefficient (Wildman–Crippen LogP) is 6.64. The van der Waals surface area contributed by atoms with Crippen LogP contribution in [0.3, 0.4) is 0 Å². The number of hydrogen-bond acceptors (Lipinski definition) is 2. The molecule has 0 aliphatic carbocycles. The molecule has 2 nitrogen and oxygen atoms in total. The van der Waals surface area contributed by atoms with Crippen LogP contribution in [0.2, 0.25) is 10.0 Å². The molecule has 0 heterocycles. The molecule has 0 saturated heterocycles. The maximum Gasteiger partial charge on any atom is 0.185 e. The van der Waals surface area contributed by atoms with Crippen molar-refractivity contribution in [3.05, 3.63) is 106 Å². The molecule has 128 valence electrons. The third-order valence-corrected chi connectivity index (χ3v) is 4.21. The molecule has 0 fully saturated rings. The summed E-state index contributed by atoms with van der Waals surface area (Å²) in [5.41, 5.74) is 3.18. The standard InChI is InChI=1S/C22H15Cl2NO/c23-19-10-5-16(6-11-19)15-25-21-4-2-1-3-17(21)9-14-22(26)18-7-12-20(24)13-8-18/h1-15H/b14-9+,25-15?. The summed E-state index contributed by atoms with van der Waals surface area (Å²) in [5, 5.41) is 1.29. The molecule has 0 unspecified atom stereocenters. The molecule has 4 heteroatoms. The van der Waals surface area contributed by atoms with E-state index in [0.29, 0.717) is 15.6 Å². The van der Waals surface area contributed by atoms with Gasteiger partial charge < -0.3 is 0 Å². The van der Waals surface area contributed by atoms with E-state index >= 15 is 0 Å². The van der Waals surface area contributed by atoms with Gasteiger partial charge >= 0.3 is 0 Å². The van der Waals surface area contributed by atoms with Crippen molar-refractivity contribution in [2.75, 3.05) is 0 Å². The molecule has 0 atom stereocenters. The minimum absolute atomic E-state index is 0.0850. The first-order valence-corrected chi connectivity index (χ1v) is 8.74. The van der Waals surface area contributed by atoms with E-state index in [1.165, 1.54) is 0 Å². The normalized spacial score (nSPS) is 11.3. The molecule has 26 heavy (non-hydrogen) atoms. The second kappa shape index (κ2) is 8.61. The molecule has 0 radical (unpaired) electrons. The smallest absolute Gasteiger partial charge is 0.185 e. The Morgan fingerprint density at radius 2 is 1.42 bits per heavy atom. The number of aliphatic imine (C=N–C) groups is 1. The number of halogens is 2. The van der Waals surface area contributed by atoms with Gasteiger partial charge in [0.05, 0.1) is 5.69 Å². The van der Waals surface area contributed by atoms with Gasteiger partial charge in [-0.25, -0.2) is 0 Å². The zero-order valence-electron chi connectivity index (χ0n) is 13.8. The number of nitrogens with zero attached hydrogens (tertiary/aromatic N) is 1. The Labute approximate surface area is 162 Å². The fraction of sp³-hybridized carbons (Fsp3) is 0. The molecule has 0 saturated carbocycles. The van der Waals surface area contributed by atoms with Crippen LogP contribution in [0.4, 0.5) is 5.69 Å². The van der Waals surface area contributed by atoms with Gasteiger partial charge in [-0.15, -0.1) is 0 Å². The van der Waals surface area contributed by atoms with Gasteiger partial charge in [0, 0.05) is 27.4 Å². The highest BCUT2D eigenvalue weighted by Crippen LogP contribution is 2.21. The molecular formula is C22H15Cl2NO. The van der Waals surface area contributed by atoms with Crippen molar-refractivity contribution < 1.29 is 4.79 Å². The SMILES string of the molecule is O=C(/C=C/c1ccccc1N=Cc1ccc(Cl)cc1)c1ccc(Cl)cc1. The number of carbonyl (C=O) groups is 1.